The first-order valence-electron chi connectivity index (χ1n) is 10.3. The van der Waals surface area contributed by atoms with Crippen molar-refractivity contribution in [1.82, 2.24) is 5.32 Å². The summed E-state index contributed by atoms with van der Waals surface area (Å²) in [6.45, 7) is 0. The summed E-state index contributed by atoms with van der Waals surface area (Å²) < 4.78 is 0. The van der Waals surface area contributed by atoms with Gasteiger partial charge in [-0.2, -0.15) is 0 Å². The van der Waals surface area contributed by atoms with Crippen molar-refractivity contribution in [2.24, 2.45) is 5.92 Å². The molecule has 1 aromatic rings. The van der Waals surface area contributed by atoms with Crippen LogP contribution in [0.25, 0.3) is 0 Å². The Bertz CT molecular complexity index is 747. The zero-order valence-electron chi connectivity index (χ0n) is 15.7. The van der Waals surface area contributed by atoms with Gasteiger partial charge in [0.2, 0.25) is 0 Å². The first kappa shape index (κ1) is 18.1. The summed E-state index contributed by atoms with van der Waals surface area (Å²) in [7, 11) is 0. The lowest BCUT2D eigenvalue weighted by Gasteiger charge is -2.36. The molecule has 5 nitrogen and oxygen atoms in total. The summed E-state index contributed by atoms with van der Waals surface area (Å²) in [5, 5.41) is 16.2. The molecular formula is C22H28N2O3. The molecule has 3 N–H and O–H groups in total. The van der Waals surface area contributed by atoms with E-state index in [1.807, 2.05) is 12.1 Å². The number of hydrogen-bond acceptors (Lipinski definition) is 3. The molecule has 0 saturated heterocycles. The van der Waals surface area contributed by atoms with Crippen LogP contribution in [-0.4, -0.2) is 23.0 Å². The molecule has 2 saturated carbocycles. The van der Waals surface area contributed by atoms with Gasteiger partial charge in [-0.3, -0.25) is 9.59 Å². The fourth-order valence-electron chi connectivity index (χ4n) is 4.86. The summed E-state index contributed by atoms with van der Waals surface area (Å²) >= 11 is 0. The van der Waals surface area contributed by atoms with Crippen molar-refractivity contribution >= 4 is 17.5 Å². The van der Waals surface area contributed by atoms with Gasteiger partial charge in [-0.15, -0.1) is 0 Å². The number of nitrogens with one attached hydrogen (secondary N) is 2. The molecule has 0 radical (unpaired) electrons. The number of rotatable bonds is 3. The maximum Gasteiger partial charge on any atom is 0.264 e. The van der Waals surface area contributed by atoms with Gasteiger partial charge in [-0.05, 0) is 49.3 Å². The van der Waals surface area contributed by atoms with Gasteiger partial charge in [-0.25, -0.2) is 0 Å². The maximum absolute atomic E-state index is 12.7. The van der Waals surface area contributed by atoms with Crippen LogP contribution in [0, 0.1) is 5.92 Å². The van der Waals surface area contributed by atoms with Crippen molar-refractivity contribution in [2.75, 3.05) is 5.32 Å². The number of fused-ring (bicyclic) bond motifs is 1. The number of amides is 2. The number of aliphatic hydroxyl groups excluding tert-OH is 1. The molecule has 27 heavy (non-hydrogen) atoms. The first-order chi connectivity index (χ1) is 13.1. The van der Waals surface area contributed by atoms with Crippen LogP contribution in [0.1, 0.15) is 69.3 Å². The Morgan fingerprint density at radius 3 is 2.37 bits per heavy atom. The Hall–Kier alpha value is -2.30. The Morgan fingerprint density at radius 1 is 0.963 bits per heavy atom. The Labute approximate surface area is 160 Å². The number of aliphatic hydroxyl groups is 1. The van der Waals surface area contributed by atoms with E-state index in [2.05, 4.69) is 22.8 Å². The Morgan fingerprint density at radius 2 is 1.63 bits per heavy atom. The third-order valence-corrected chi connectivity index (χ3v) is 6.39. The van der Waals surface area contributed by atoms with E-state index in [0.29, 0.717) is 11.6 Å². The third-order valence-electron chi connectivity index (χ3n) is 6.39. The second kappa shape index (κ2) is 7.75. The topological polar surface area (TPSA) is 78.4 Å². The van der Waals surface area contributed by atoms with Crippen molar-refractivity contribution in [3.05, 3.63) is 41.2 Å². The number of hydrogen-bond donors (Lipinski definition) is 3. The Kier molecular flexibility index (Phi) is 5.19. The molecule has 2 unspecified atom stereocenters. The summed E-state index contributed by atoms with van der Waals surface area (Å²) in [5.41, 5.74) is 1.84. The summed E-state index contributed by atoms with van der Waals surface area (Å²) in [6.07, 6.45) is 10.1. The highest BCUT2D eigenvalue weighted by molar-refractivity contribution is 6.23. The predicted octanol–water partition coefficient (Wildman–Crippen LogP) is 4.17. The van der Waals surface area contributed by atoms with E-state index >= 15 is 0 Å². The minimum atomic E-state index is -0.528. The molecule has 1 aromatic carbocycles. The second-order valence-corrected chi connectivity index (χ2v) is 8.14. The largest absolute Gasteiger partial charge is 0.511 e. The molecule has 5 heteroatoms. The lowest BCUT2D eigenvalue weighted by molar-refractivity contribution is -0.123. The van der Waals surface area contributed by atoms with E-state index in [9.17, 15) is 14.7 Å². The number of benzene rings is 1. The van der Waals surface area contributed by atoms with Gasteiger partial charge in [0.05, 0.1) is 0 Å². The van der Waals surface area contributed by atoms with Gasteiger partial charge in [0.25, 0.3) is 11.8 Å². The molecule has 1 aliphatic heterocycles. The number of anilines is 1. The maximum atomic E-state index is 12.7. The number of carbonyl (C=O) groups is 2. The SMILES string of the molecule is O=C(Nc1ccc(C2CCCCC2)cc1)C1=C(O)C2CCCCC2NC1=O. The number of carbonyl (C=O) groups excluding carboxylic acids is 2. The predicted molar refractivity (Wildman–Crippen MR) is 104 cm³/mol. The van der Waals surface area contributed by atoms with E-state index < -0.39 is 11.8 Å². The highest BCUT2D eigenvalue weighted by Gasteiger charge is 2.39. The van der Waals surface area contributed by atoms with Gasteiger partial charge in [0.15, 0.2) is 0 Å². The van der Waals surface area contributed by atoms with E-state index in [-0.39, 0.29) is 23.3 Å². The molecule has 1 heterocycles. The fraction of sp³-hybridized carbons (Fsp3) is 0.545. The molecule has 0 bridgehead atoms. The average molecular weight is 368 g/mol. The van der Waals surface area contributed by atoms with Gasteiger partial charge >= 0.3 is 0 Å². The summed E-state index contributed by atoms with van der Waals surface area (Å²) in [4.78, 5) is 25.0. The van der Waals surface area contributed by atoms with E-state index in [1.54, 1.807) is 0 Å². The van der Waals surface area contributed by atoms with Crippen molar-refractivity contribution in [1.29, 1.82) is 0 Å². The highest BCUT2D eigenvalue weighted by Crippen LogP contribution is 2.35. The van der Waals surface area contributed by atoms with Crippen LogP contribution >= 0.6 is 0 Å². The van der Waals surface area contributed by atoms with Crippen LogP contribution < -0.4 is 10.6 Å². The van der Waals surface area contributed by atoms with Crippen LogP contribution in [-0.2, 0) is 9.59 Å². The third kappa shape index (κ3) is 3.73. The zero-order chi connectivity index (χ0) is 18.8. The van der Waals surface area contributed by atoms with Crippen LogP contribution in [0.15, 0.2) is 35.6 Å². The summed E-state index contributed by atoms with van der Waals surface area (Å²) in [5.74, 6) is -0.556. The average Bonchev–Trinajstić information content (AvgIpc) is 2.69. The van der Waals surface area contributed by atoms with Crippen molar-refractivity contribution in [3.8, 4) is 0 Å². The van der Waals surface area contributed by atoms with E-state index in [4.69, 9.17) is 0 Å². The molecule has 2 aliphatic carbocycles. The molecule has 4 rings (SSSR count). The molecule has 0 aromatic heterocycles. The molecule has 3 aliphatic rings. The summed E-state index contributed by atoms with van der Waals surface area (Å²) in [6, 6.07) is 7.88. The molecule has 2 fully saturated rings. The zero-order valence-corrected chi connectivity index (χ0v) is 15.7. The van der Waals surface area contributed by atoms with E-state index in [1.165, 1.54) is 37.7 Å². The quantitative estimate of drug-likeness (QED) is 0.701. The van der Waals surface area contributed by atoms with Crippen molar-refractivity contribution in [3.63, 3.8) is 0 Å². The van der Waals surface area contributed by atoms with Crippen LogP contribution in [0.5, 0.6) is 0 Å². The second-order valence-electron chi connectivity index (χ2n) is 8.14. The molecule has 2 atom stereocenters. The minimum absolute atomic E-state index is 0.0419. The smallest absolute Gasteiger partial charge is 0.264 e. The minimum Gasteiger partial charge on any atom is -0.511 e. The van der Waals surface area contributed by atoms with Gasteiger partial charge in [-0.1, -0.05) is 44.2 Å². The monoisotopic (exact) mass is 368 g/mol. The molecule has 2 amide bonds. The van der Waals surface area contributed by atoms with Gasteiger partial charge in [0, 0.05) is 17.6 Å². The molecule has 0 spiro atoms. The van der Waals surface area contributed by atoms with E-state index in [0.717, 1.165) is 25.7 Å². The Balaban J connectivity index is 1.47. The molecular weight excluding hydrogens is 340 g/mol. The molecule has 144 valence electrons. The lowest BCUT2D eigenvalue weighted by Crippen LogP contribution is -2.50. The van der Waals surface area contributed by atoms with Crippen LogP contribution in [0.3, 0.4) is 0 Å². The van der Waals surface area contributed by atoms with Crippen molar-refractivity contribution < 1.29 is 14.7 Å². The van der Waals surface area contributed by atoms with Crippen LogP contribution in [0.2, 0.25) is 0 Å². The van der Waals surface area contributed by atoms with Crippen molar-refractivity contribution in [2.45, 2.75) is 69.7 Å². The normalized spacial score (nSPS) is 26.3. The first-order valence-corrected chi connectivity index (χ1v) is 10.3. The van der Waals surface area contributed by atoms with Gasteiger partial charge < -0.3 is 15.7 Å². The highest BCUT2D eigenvalue weighted by atomic mass is 16.3. The van der Waals surface area contributed by atoms with Gasteiger partial charge in [0.1, 0.15) is 11.3 Å². The fourth-order valence-corrected chi connectivity index (χ4v) is 4.86. The lowest BCUT2D eigenvalue weighted by atomic mass is 9.79. The standard InChI is InChI=1S/C22H28N2O3/c25-20-17-8-4-5-9-18(17)24-22(27)19(20)21(26)23-16-12-10-15(11-13-16)14-6-2-1-3-7-14/h10-14,17-18,25H,1-9H2,(H,23,26)(H,24,27). The van der Waals surface area contributed by atoms with Crippen LogP contribution in [0.4, 0.5) is 5.69 Å².